The number of amides is 1. The fourth-order valence-electron chi connectivity index (χ4n) is 1.40. The lowest BCUT2D eigenvalue weighted by atomic mass is 10.2. The summed E-state index contributed by atoms with van der Waals surface area (Å²) in [5.74, 6) is -0.140. The lowest BCUT2D eigenvalue weighted by Gasteiger charge is -2.04. The minimum absolute atomic E-state index is 0.140. The van der Waals surface area contributed by atoms with E-state index in [0.717, 1.165) is 14.3 Å². The van der Waals surface area contributed by atoms with Gasteiger partial charge in [0.05, 0.1) is 22.3 Å². The van der Waals surface area contributed by atoms with Gasteiger partial charge in [-0.1, -0.05) is 11.6 Å². The van der Waals surface area contributed by atoms with Crippen LogP contribution in [0.5, 0.6) is 0 Å². The molecule has 1 N–H and O–H groups in total. The summed E-state index contributed by atoms with van der Waals surface area (Å²) in [5, 5.41) is 6.35. The van der Waals surface area contributed by atoms with Crippen molar-refractivity contribution in [3.63, 3.8) is 0 Å². The molecule has 0 bridgehead atoms. The van der Waals surface area contributed by atoms with Crippen LogP contribution in [0.4, 0.5) is 0 Å². The van der Waals surface area contributed by atoms with E-state index in [2.05, 4.69) is 32.9 Å². The van der Waals surface area contributed by atoms with Crippen molar-refractivity contribution < 1.29 is 4.79 Å². The van der Waals surface area contributed by atoms with E-state index in [1.807, 2.05) is 18.4 Å². The number of hydrogen-bond acceptors (Lipinski definition) is 3. The van der Waals surface area contributed by atoms with Crippen LogP contribution in [0, 0.1) is 10.5 Å². The average molecular weight is 393 g/mol. The summed E-state index contributed by atoms with van der Waals surface area (Å²) in [6.07, 6.45) is 0. The number of rotatable bonds is 3. The van der Waals surface area contributed by atoms with Crippen molar-refractivity contribution in [2.45, 2.75) is 13.5 Å². The van der Waals surface area contributed by atoms with Gasteiger partial charge in [-0.25, -0.2) is 4.98 Å². The van der Waals surface area contributed by atoms with Crippen molar-refractivity contribution in [2.24, 2.45) is 0 Å². The van der Waals surface area contributed by atoms with Crippen molar-refractivity contribution >= 4 is 51.4 Å². The molecule has 94 valence electrons. The lowest BCUT2D eigenvalue weighted by Crippen LogP contribution is -2.22. The summed E-state index contributed by atoms with van der Waals surface area (Å²) in [6, 6.07) is 5.25. The van der Waals surface area contributed by atoms with Gasteiger partial charge in [0.15, 0.2) is 0 Å². The third-order valence-electron chi connectivity index (χ3n) is 2.28. The highest BCUT2D eigenvalue weighted by molar-refractivity contribution is 14.1. The molecule has 0 aliphatic carbocycles. The molecule has 0 spiro atoms. The lowest BCUT2D eigenvalue weighted by molar-refractivity contribution is 0.0950. The number of hydrogen-bond donors (Lipinski definition) is 1. The molecule has 0 unspecified atom stereocenters. The Balaban J connectivity index is 2.01. The molecule has 0 radical (unpaired) electrons. The van der Waals surface area contributed by atoms with Gasteiger partial charge in [-0.3, -0.25) is 4.79 Å². The first-order valence-corrected chi connectivity index (χ1v) is 7.54. The Morgan fingerprint density at radius 3 is 2.94 bits per heavy atom. The van der Waals surface area contributed by atoms with E-state index in [4.69, 9.17) is 11.6 Å². The van der Waals surface area contributed by atoms with E-state index in [0.29, 0.717) is 17.1 Å². The second-order valence-electron chi connectivity index (χ2n) is 3.67. The number of nitrogens with one attached hydrogen (secondary N) is 1. The Kier molecular flexibility index (Phi) is 4.58. The molecule has 3 nitrogen and oxygen atoms in total. The Labute approximate surface area is 128 Å². The first kappa shape index (κ1) is 13.8. The highest BCUT2D eigenvalue weighted by Crippen LogP contribution is 2.19. The van der Waals surface area contributed by atoms with Gasteiger partial charge in [0.2, 0.25) is 0 Å². The van der Waals surface area contributed by atoms with Crippen molar-refractivity contribution in [1.82, 2.24) is 10.3 Å². The van der Waals surface area contributed by atoms with Gasteiger partial charge in [0, 0.05) is 14.5 Å². The van der Waals surface area contributed by atoms with Crippen LogP contribution >= 0.6 is 45.5 Å². The summed E-state index contributed by atoms with van der Waals surface area (Å²) in [4.78, 5) is 16.2. The van der Waals surface area contributed by atoms with Crippen molar-refractivity contribution in [2.75, 3.05) is 0 Å². The smallest absolute Gasteiger partial charge is 0.251 e. The number of carbonyl (C=O) groups excluding carboxylic acids is 1. The molecule has 18 heavy (non-hydrogen) atoms. The average Bonchev–Trinajstić information content (AvgIpc) is 2.75. The largest absolute Gasteiger partial charge is 0.346 e. The molecule has 1 aromatic carbocycles. The van der Waals surface area contributed by atoms with Crippen LogP contribution in [0.2, 0.25) is 5.02 Å². The molecule has 0 saturated heterocycles. The predicted octanol–water partition coefficient (Wildman–Crippen LogP) is 3.64. The maximum absolute atomic E-state index is 11.9. The van der Waals surface area contributed by atoms with Gasteiger partial charge >= 0.3 is 0 Å². The predicted molar refractivity (Wildman–Crippen MR) is 82.2 cm³/mol. The topological polar surface area (TPSA) is 42.0 Å². The number of halogens is 2. The third kappa shape index (κ3) is 3.43. The van der Waals surface area contributed by atoms with Gasteiger partial charge < -0.3 is 5.32 Å². The van der Waals surface area contributed by atoms with Gasteiger partial charge in [-0.2, -0.15) is 0 Å². The Hall–Kier alpha value is -0.660. The number of nitrogens with zero attached hydrogens (tertiary/aromatic N) is 1. The highest BCUT2D eigenvalue weighted by Gasteiger charge is 2.08. The normalized spacial score (nSPS) is 10.4. The molecule has 0 saturated carbocycles. The molecule has 0 fully saturated rings. The van der Waals surface area contributed by atoms with Gasteiger partial charge in [-0.05, 0) is 47.7 Å². The fraction of sp³-hybridized carbons (Fsp3) is 0.167. The Bertz CT molecular complexity index is 585. The van der Waals surface area contributed by atoms with Crippen LogP contribution in [0.25, 0.3) is 0 Å². The molecular weight excluding hydrogens is 383 g/mol. The molecule has 0 atom stereocenters. The minimum atomic E-state index is -0.140. The van der Waals surface area contributed by atoms with Crippen molar-refractivity contribution in [1.29, 1.82) is 0 Å². The summed E-state index contributed by atoms with van der Waals surface area (Å²) >= 11 is 9.68. The van der Waals surface area contributed by atoms with Gasteiger partial charge in [0.25, 0.3) is 5.91 Å². The number of aryl methyl sites for hydroxylation is 1. The maximum Gasteiger partial charge on any atom is 0.251 e. The van der Waals surface area contributed by atoms with Gasteiger partial charge in [0.1, 0.15) is 0 Å². The Morgan fingerprint density at radius 2 is 2.33 bits per heavy atom. The van der Waals surface area contributed by atoms with Crippen LogP contribution < -0.4 is 5.32 Å². The molecule has 2 rings (SSSR count). The summed E-state index contributed by atoms with van der Waals surface area (Å²) in [6.45, 7) is 2.38. The van der Waals surface area contributed by atoms with Crippen molar-refractivity contribution in [3.8, 4) is 0 Å². The van der Waals surface area contributed by atoms with Gasteiger partial charge in [-0.15, -0.1) is 11.3 Å². The quantitative estimate of drug-likeness (QED) is 0.810. The second-order valence-corrected chi connectivity index (χ2v) is 6.30. The molecular formula is C12H10ClIN2OS. The van der Waals surface area contributed by atoms with Crippen LogP contribution in [0.15, 0.2) is 23.6 Å². The number of thiazole rings is 1. The first-order chi connectivity index (χ1) is 8.56. The van der Waals surface area contributed by atoms with Crippen LogP contribution in [-0.4, -0.2) is 10.9 Å². The molecule has 1 heterocycles. The third-order valence-corrected chi connectivity index (χ3v) is 4.67. The maximum atomic E-state index is 11.9. The van der Waals surface area contributed by atoms with E-state index in [-0.39, 0.29) is 5.91 Å². The van der Waals surface area contributed by atoms with E-state index < -0.39 is 0 Å². The van der Waals surface area contributed by atoms with Crippen LogP contribution in [0.1, 0.15) is 21.1 Å². The molecule has 6 heteroatoms. The fourth-order valence-corrected chi connectivity index (χ4v) is 2.53. The second kappa shape index (κ2) is 5.99. The SMILES string of the molecule is Cc1nc(CNC(=O)c2ccc(I)c(Cl)c2)cs1. The molecule has 0 aliphatic heterocycles. The first-order valence-electron chi connectivity index (χ1n) is 5.20. The summed E-state index contributed by atoms with van der Waals surface area (Å²) in [7, 11) is 0. The highest BCUT2D eigenvalue weighted by atomic mass is 127. The van der Waals surface area contributed by atoms with E-state index in [9.17, 15) is 4.79 Å². The zero-order valence-electron chi connectivity index (χ0n) is 9.54. The van der Waals surface area contributed by atoms with Crippen LogP contribution in [-0.2, 0) is 6.54 Å². The number of benzene rings is 1. The standard InChI is InChI=1S/C12H10ClIN2OS/c1-7-16-9(6-18-7)5-15-12(17)8-2-3-11(14)10(13)4-8/h2-4,6H,5H2,1H3,(H,15,17). The Morgan fingerprint density at radius 1 is 1.56 bits per heavy atom. The molecule has 1 amide bonds. The van der Waals surface area contributed by atoms with E-state index in [1.165, 1.54) is 0 Å². The molecule has 1 aromatic heterocycles. The van der Waals surface area contributed by atoms with Crippen LogP contribution in [0.3, 0.4) is 0 Å². The number of carbonyl (C=O) groups is 1. The minimum Gasteiger partial charge on any atom is -0.346 e. The van der Waals surface area contributed by atoms with E-state index in [1.54, 1.807) is 23.5 Å². The van der Waals surface area contributed by atoms with E-state index >= 15 is 0 Å². The molecule has 2 aromatic rings. The zero-order valence-corrected chi connectivity index (χ0v) is 13.3. The monoisotopic (exact) mass is 392 g/mol. The zero-order chi connectivity index (χ0) is 13.1. The summed E-state index contributed by atoms with van der Waals surface area (Å²) < 4.78 is 0.931. The number of aromatic nitrogens is 1. The summed E-state index contributed by atoms with van der Waals surface area (Å²) in [5.41, 5.74) is 1.44. The van der Waals surface area contributed by atoms with Crippen molar-refractivity contribution in [3.05, 3.63) is 48.4 Å². The molecule has 0 aliphatic rings.